The van der Waals surface area contributed by atoms with Crippen LogP contribution in [0.4, 0.5) is 0 Å². The molecule has 2 heteroatoms. The minimum atomic E-state index is 0.192. The zero-order chi connectivity index (χ0) is 10.0. The molecule has 2 N–H and O–H groups in total. The molecule has 2 fully saturated rings. The molecule has 14 heavy (non-hydrogen) atoms. The third-order valence-electron chi connectivity index (χ3n) is 4.26. The van der Waals surface area contributed by atoms with Crippen LogP contribution in [0, 0.1) is 0 Å². The van der Waals surface area contributed by atoms with Crippen LogP contribution in [0.15, 0.2) is 0 Å². The molecule has 0 atom stereocenters. The van der Waals surface area contributed by atoms with Gasteiger partial charge in [-0.25, -0.2) is 0 Å². The van der Waals surface area contributed by atoms with Crippen molar-refractivity contribution in [2.24, 2.45) is 5.73 Å². The van der Waals surface area contributed by atoms with Crippen molar-refractivity contribution in [2.75, 3.05) is 13.6 Å². The monoisotopic (exact) mass is 196 g/mol. The Labute approximate surface area is 87.8 Å². The molecular formula is C12H24N2. The Morgan fingerprint density at radius 2 is 1.86 bits per heavy atom. The lowest BCUT2D eigenvalue weighted by molar-refractivity contribution is 0.146. The lowest BCUT2D eigenvalue weighted by atomic mass is 9.90. The van der Waals surface area contributed by atoms with E-state index in [-0.39, 0.29) is 5.54 Å². The summed E-state index contributed by atoms with van der Waals surface area (Å²) < 4.78 is 0. The van der Waals surface area contributed by atoms with Gasteiger partial charge in [0.05, 0.1) is 0 Å². The molecule has 0 spiro atoms. The van der Waals surface area contributed by atoms with Crippen LogP contribution in [0.1, 0.15) is 51.4 Å². The van der Waals surface area contributed by atoms with Crippen molar-refractivity contribution in [3.05, 3.63) is 0 Å². The van der Waals surface area contributed by atoms with Crippen molar-refractivity contribution in [3.8, 4) is 0 Å². The Morgan fingerprint density at radius 3 is 2.36 bits per heavy atom. The van der Waals surface area contributed by atoms with Gasteiger partial charge in [0, 0.05) is 11.6 Å². The number of nitrogens with zero attached hydrogens (tertiary/aromatic N) is 1. The first kappa shape index (κ1) is 10.4. The van der Waals surface area contributed by atoms with Crippen molar-refractivity contribution in [3.63, 3.8) is 0 Å². The van der Waals surface area contributed by atoms with Crippen LogP contribution >= 0.6 is 0 Å². The summed E-state index contributed by atoms with van der Waals surface area (Å²) in [6, 6.07) is 0.875. The normalized spacial score (nSPS) is 26.8. The van der Waals surface area contributed by atoms with Crippen molar-refractivity contribution in [1.29, 1.82) is 0 Å². The van der Waals surface area contributed by atoms with Crippen molar-refractivity contribution >= 4 is 0 Å². The lowest BCUT2D eigenvalue weighted by Gasteiger charge is -2.36. The van der Waals surface area contributed by atoms with E-state index in [1.165, 1.54) is 57.9 Å². The first-order chi connectivity index (χ1) is 6.70. The number of rotatable bonds is 4. The molecule has 2 nitrogen and oxygen atoms in total. The van der Waals surface area contributed by atoms with Gasteiger partial charge in [-0.05, 0) is 45.7 Å². The summed E-state index contributed by atoms with van der Waals surface area (Å²) in [6.45, 7) is 1.21. The Bertz CT molecular complexity index is 181. The smallest absolute Gasteiger partial charge is 0.0166 e. The van der Waals surface area contributed by atoms with E-state index in [9.17, 15) is 0 Å². The summed E-state index contributed by atoms with van der Waals surface area (Å²) in [4.78, 5) is 2.52. The van der Waals surface area contributed by atoms with Gasteiger partial charge in [0.25, 0.3) is 0 Å². The van der Waals surface area contributed by atoms with Gasteiger partial charge in [0.2, 0.25) is 0 Å². The van der Waals surface area contributed by atoms with E-state index in [0.717, 1.165) is 6.04 Å². The van der Waals surface area contributed by atoms with Crippen LogP contribution in [0.2, 0.25) is 0 Å². The highest BCUT2D eigenvalue weighted by Crippen LogP contribution is 2.31. The highest BCUT2D eigenvalue weighted by molar-refractivity contribution is 4.90. The molecule has 0 aromatic carbocycles. The van der Waals surface area contributed by atoms with Gasteiger partial charge >= 0.3 is 0 Å². The van der Waals surface area contributed by atoms with Gasteiger partial charge in [-0.15, -0.1) is 0 Å². The van der Waals surface area contributed by atoms with Crippen molar-refractivity contribution in [2.45, 2.75) is 62.9 Å². The highest BCUT2D eigenvalue weighted by Gasteiger charge is 2.30. The molecular weight excluding hydrogens is 172 g/mol. The standard InChI is InChI=1S/C12H24N2/c1-14(11-5-4-6-11)10-9-12(13)7-2-3-8-12/h11H,2-10,13H2,1H3. The number of nitrogens with two attached hydrogens (primary N) is 1. The Hall–Kier alpha value is -0.0800. The minimum absolute atomic E-state index is 0.192. The SMILES string of the molecule is CN(CCC1(N)CCCC1)C1CCC1. The van der Waals surface area contributed by atoms with E-state index in [4.69, 9.17) is 5.73 Å². The van der Waals surface area contributed by atoms with Gasteiger partial charge in [0.15, 0.2) is 0 Å². The van der Waals surface area contributed by atoms with Crippen LogP contribution in [-0.4, -0.2) is 30.1 Å². The summed E-state index contributed by atoms with van der Waals surface area (Å²) in [5.41, 5.74) is 6.53. The van der Waals surface area contributed by atoms with E-state index in [2.05, 4.69) is 11.9 Å². The maximum atomic E-state index is 6.34. The molecule has 0 aromatic rings. The molecule has 0 amide bonds. The van der Waals surface area contributed by atoms with Crippen LogP contribution in [0.3, 0.4) is 0 Å². The second kappa shape index (κ2) is 4.19. The summed E-state index contributed by atoms with van der Waals surface area (Å²) in [5.74, 6) is 0. The third-order valence-corrected chi connectivity index (χ3v) is 4.26. The molecule has 0 aromatic heterocycles. The van der Waals surface area contributed by atoms with Crippen LogP contribution in [-0.2, 0) is 0 Å². The molecule has 0 heterocycles. The summed E-state index contributed by atoms with van der Waals surface area (Å²) >= 11 is 0. The number of hydrogen-bond acceptors (Lipinski definition) is 2. The highest BCUT2D eigenvalue weighted by atomic mass is 15.1. The number of hydrogen-bond donors (Lipinski definition) is 1. The molecule has 2 aliphatic rings. The predicted molar refractivity (Wildman–Crippen MR) is 60.3 cm³/mol. The zero-order valence-electron chi connectivity index (χ0n) is 9.47. The molecule has 0 bridgehead atoms. The van der Waals surface area contributed by atoms with Gasteiger partial charge in [-0.2, -0.15) is 0 Å². The lowest BCUT2D eigenvalue weighted by Crippen LogP contribution is -2.43. The fraction of sp³-hybridized carbons (Fsp3) is 1.00. The Kier molecular flexibility index (Phi) is 3.13. The van der Waals surface area contributed by atoms with E-state index >= 15 is 0 Å². The summed E-state index contributed by atoms with van der Waals surface area (Å²) in [6.07, 6.45) is 10.7. The fourth-order valence-corrected chi connectivity index (χ4v) is 2.74. The molecule has 0 aliphatic heterocycles. The topological polar surface area (TPSA) is 29.3 Å². The first-order valence-electron chi connectivity index (χ1n) is 6.19. The largest absolute Gasteiger partial charge is 0.325 e. The average Bonchev–Trinajstić information content (AvgIpc) is 2.47. The van der Waals surface area contributed by atoms with Gasteiger partial charge in [0.1, 0.15) is 0 Å². The Morgan fingerprint density at radius 1 is 1.21 bits per heavy atom. The van der Waals surface area contributed by atoms with E-state index < -0.39 is 0 Å². The summed E-state index contributed by atoms with van der Waals surface area (Å²) in [7, 11) is 2.27. The maximum Gasteiger partial charge on any atom is 0.0166 e. The van der Waals surface area contributed by atoms with E-state index in [1.807, 2.05) is 0 Å². The second-order valence-electron chi connectivity index (χ2n) is 5.38. The van der Waals surface area contributed by atoms with Gasteiger partial charge in [-0.1, -0.05) is 19.3 Å². The van der Waals surface area contributed by atoms with Crippen LogP contribution in [0.25, 0.3) is 0 Å². The Balaban J connectivity index is 1.70. The second-order valence-corrected chi connectivity index (χ2v) is 5.38. The summed E-state index contributed by atoms with van der Waals surface area (Å²) in [5, 5.41) is 0. The zero-order valence-corrected chi connectivity index (χ0v) is 9.47. The van der Waals surface area contributed by atoms with Crippen LogP contribution < -0.4 is 5.73 Å². The molecule has 2 saturated carbocycles. The molecule has 82 valence electrons. The predicted octanol–water partition coefficient (Wildman–Crippen LogP) is 2.13. The third kappa shape index (κ3) is 2.29. The van der Waals surface area contributed by atoms with Gasteiger partial charge < -0.3 is 10.6 Å². The van der Waals surface area contributed by atoms with Crippen molar-refractivity contribution in [1.82, 2.24) is 4.90 Å². The first-order valence-corrected chi connectivity index (χ1v) is 6.19. The molecule has 0 unspecified atom stereocenters. The van der Waals surface area contributed by atoms with Crippen LogP contribution in [0.5, 0.6) is 0 Å². The molecule has 2 rings (SSSR count). The molecule has 2 aliphatic carbocycles. The van der Waals surface area contributed by atoms with E-state index in [1.54, 1.807) is 0 Å². The minimum Gasteiger partial charge on any atom is -0.325 e. The quantitative estimate of drug-likeness (QED) is 0.746. The van der Waals surface area contributed by atoms with Gasteiger partial charge in [-0.3, -0.25) is 0 Å². The average molecular weight is 196 g/mol. The molecule has 0 saturated heterocycles. The maximum absolute atomic E-state index is 6.34. The van der Waals surface area contributed by atoms with E-state index in [0.29, 0.717) is 0 Å². The fourth-order valence-electron chi connectivity index (χ4n) is 2.74. The molecule has 0 radical (unpaired) electrons. The van der Waals surface area contributed by atoms with Crippen molar-refractivity contribution < 1.29 is 0 Å².